The zero-order valence-electron chi connectivity index (χ0n) is 18.2. The molecule has 4 aromatic carbocycles. The van der Waals surface area contributed by atoms with Crippen molar-refractivity contribution < 1.29 is 19.8 Å². The fourth-order valence-corrected chi connectivity index (χ4v) is 6.83. The smallest absolute Gasteiger partial charge is 0.308 e. The summed E-state index contributed by atoms with van der Waals surface area (Å²) in [6.45, 7) is 0. The molecule has 0 aliphatic heterocycles. The summed E-state index contributed by atoms with van der Waals surface area (Å²) < 4.78 is 0. The second kappa shape index (κ2) is 7.16. The normalized spacial score (nSPS) is 26.4. The van der Waals surface area contributed by atoms with Crippen molar-refractivity contribution in [3.8, 4) is 0 Å². The quantitative estimate of drug-likeness (QED) is 0.519. The number of carboxylic acids is 2. The van der Waals surface area contributed by atoms with Crippen LogP contribution in [0.1, 0.15) is 33.4 Å². The van der Waals surface area contributed by atoms with Gasteiger partial charge < -0.3 is 15.0 Å². The van der Waals surface area contributed by atoms with Crippen molar-refractivity contribution in [1.29, 1.82) is 0 Å². The maximum absolute atomic E-state index is 13.1. The SMILES string of the molecule is O=C([O-])C1C(C(=O)O)C2(c3ccccc3)c3ccccc3C1(c1ccccc1)c1ccccc12. The number of fused-ring (bicyclic) bond motifs is 1. The monoisotopic (exact) mass is 445 g/mol. The molecule has 1 N–H and O–H groups in total. The third kappa shape index (κ3) is 2.27. The molecular formula is C30H21O4-. The summed E-state index contributed by atoms with van der Waals surface area (Å²) >= 11 is 0. The predicted molar refractivity (Wildman–Crippen MR) is 125 cm³/mol. The topological polar surface area (TPSA) is 77.4 Å². The summed E-state index contributed by atoms with van der Waals surface area (Å²) in [5.41, 5.74) is 2.41. The van der Waals surface area contributed by atoms with Crippen molar-refractivity contribution >= 4 is 11.9 Å². The zero-order chi connectivity index (χ0) is 23.5. The van der Waals surface area contributed by atoms with Crippen LogP contribution < -0.4 is 5.11 Å². The molecule has 3 aliphatic carbocycles. The van der Waals surface area contributed by atoms with Crippen LogP contribution in [0, 0.1) is 11.8 Å². The largest absolute Gasteiger partial charge is 0.550 e. The van der Waals surface area contributed by atoms with Gasteiger partial charge >= 0.3 is 5.97 Å². The minimum absolute atomic E-state index is 0.747. The highest BCUT2D eigenvalue weighted by Crippen LogP contribution is 2.68. The molecule has 0 radical (unpaired) electrons. The first-order chi connectivity index (χ1) is 16.6. The zero-order valence-corrected chi connectivity index (χ0v) is 18.2. The van der Waals surface area contributed by atoms with E-state index in [0.29, 0.717) is 0 Å². The van der Waals surface area contributed by atoms with Gasteiger partial charge in [-0.1, -0.05) is 109 Å². The number of hydrogen-bond acceptors (Lipinski definition) is 3. The first kappa shape index (κ1) is 20.4. The molecule has 2 atom stereocenters. The number of benzene rings is 4. The highest BCUT2D eigenvalue weighted by Gasteiger charge is 2.68. The van der Waals surface area contributed by atoms with E-state index in [1.165, 1.54) is 0 Å². The summed E-state index contributed by atoms with van der Waals surface area (Å²) in [5, 5.41) is 23.8. The highest BCUT2D eigenvalue weighted by molar-refractivity contribution is 5.91. The van der Waals surface area contributed by atoms with Crippen LogP contribution in [0.2, 0.25) is 0 Å². The van der Waals surface area contributed by atoms with Gasteiger partial charge in [-0.25, -0.2) is 0 Å². The Labute approximate surface area is 197 Å². The second-order valence-electron chi connectivity index (χ2n) is 9.05. The summed E-state index contributed by atoms with van der Waals surface area (Å²) in [6.07, 6.45) is 0. The maximum atomic E-state index is 13.1. The average Bonchev–Trinajstić information content (AvgIpc) is 2.89. The molecule has 0 heterocycles. The molecule has 0 saturated heterocycles. The molecule has 166 valence electrons. The van der Waals surface area contributed by atoms with E-state index in [2.05, 4.69) is 0 Å². The third-order valence-corrected chi connectivity index (χ3v) is 7.80. The molecule has 3 aliphatic rings. The lowest BCUT2D eigenvalue weighted by Gasteiger charge is -2.62. The number of carbonyl (C=O) groups is 2. The van der Waals surface area contributed by atoms with E-state index in [-0.39, 0.29) is 0 Å². The molecule has 0 aromatic heterocycles. The Morgan fingerprint density at radius 2 is 0.882 bits per heavy atom. The molecule has 0 saturated carbocycles. The van der Waals surface area contributed by atoms with Crippen LogP contribution in [0.5, 0.6) is 0 Å². The van der Waals surface area contributed by atoms with Crippen LogP contribution in [0.3, 0.4) is 0 Å². The summed E-state index contributed by atoms with van der Waals surface area (Å²) in [7, 11) is 0. The van der Waals surface area contributed by atoms with E-state index in [1.54, 1.807) is 0 Å². The van der Waals surface area contributed by atoms with Gasteiger partial charge in [-0.2, -0.15) is 0 Å². The lowest BCUT2D eigenvalue weighted by Crippen LogP contribution is -2.66. The van der Waals surface area contributed by atoms with Crippen LogP contribution in [-0.2, 0) is 20.4 Å². The Kier molecular flexibility index (Phi) is 4.30. The van der Waals surface area contributed by atoms with Crippen LogP contribution in [0.15, 0.2) is 109 Å². The van der Waals surface area contributed by atoms with Gasteiger partial charge in [0.1, 0.15) is 0 Å². The maximum Gasteiger partial charge on any atom is 0.308 e. The molecule has 2 bridgehead atoms. The van der Waals surface area contributed by atoms with Gasteiger partial charge in [-0.05, 0) is 33.4 Å². The minimum Gasteiger partial charge on any atom is -0.550 e. The predicted octanol–water partition coefficient (Wildman–Crippen LogP) is 3.75. The Bertz CT molecular complexity index is 1270. The molecule has 4 nitrogen and oxygen atoms in total. The van der Waals surface area contributed by atoms with Crippen LogP contribution in [-0.4, -0.2) is 17.0 Å². The molecule has 0 amide bonds. The molecule has 4 heteroatoms. The van der Waals surface area contributed by atoms with Gasteiger partial charge in [-0.3, -0.25) is 4.79 Å². The van der Waals surface area contributed by atoms with E-state index < -0.39 is 34.6 Å². The van der Waals surface area contributed by atoms with Gasteiger partial charge in [-0.15, -0.1) is 0 Å². The first-order valence-corrected chi connectivity index (χ1v) is 11.3. The molecule has 4 aromatic rings. The first-order valence-electron chi connectivity index (χ1n) is 11.3. The molecule has 2 unspecified atom stereocenters. The third-order valence-electron chi connectivity index (χ3n) is 7.80. The standard InChI is InChI=1S/C30H22O4/c31-27(32)25-26(28(33)34)30(20-13-5-2-6-14-20)23-17-9-7-15-21(23)29(25,19-11-3-1-4-12-19)22-16-8-10-18-24(22)30/h1-18,25-26H,(H,31,32)(H,33,34)/p-1. The lowest BCUT2D eigenvalue weighted by atomic mass is 9.38. The molecular weight excluding hydrogens is 424 g/mol. The van der Waals surface area contributed by atoms with Crippen molar-refractivity contribution in [3.05, 3.63) is 143 Å². The molecule has 0 spiro atoms. The average molecular weight is 445 g/mol. The highest BCUT2D eigenvalue weighted by atomic mass is 16.4. The second-order valence-corrected chi connectivity index (χ2v) is 9.05. The van der Waals surface area contributed by atoms with Gasteiger partial charge in [0, 0.05) is 11.9 Å². The van der Waals surface area contributed by atoms with Gasteiger partial charge in [0.05, 0.1) is 16.7 Å². The number of aliphatic carboxylic acids is 2. The lowest BCUT2D eigenvalue weighted by molar-refractivity contribution is -0.316. The van der Waals surface area contributed by atoms with Gasteiger partial charge in [0.2, 0.25) is 0 Å². The van der Waals surface area contributed by atoms with Crippen LogP contribution in [0.4, 0.5) is 0 Å². The van der Waals surface area contributed by atoms with E-state index in [9.17, 15) is 19.8 Å². The fourth-order valence-electron chi connectivity index (χ4n) is 6.83. The number of carbonyl (C=O) groups excluding carboxylic acids is 1. The van der Waals surface area contributed by atoms with E-state index in [0.717, 1.165) is 33.4 Å². The number of hydrogen-bond donors (Lipinski definition) is 1. The van der Waals surface area contributed by atoms with Gasteiger partial charge in [0.15, 0.2) is 0 Å². The van der Waals surface area contributed by atoms with E-state index in [1.807, 2.05) is 109 Å². The minimum atomic E-state index is -1.36. The van der Waals surface area contributed by atoms with E-state index in [4.69, 9.17) is 0 Å². The number of carboxylic acid groups (broad SMARTS) is 2. The van der Waals surface area contributed by atoms with Crippen LogP contribution in [0.25, 0.3) is 0 Å². The Hall–Kier alpha value is -4.18. The van der Waals surface area contributed by atoms with Crippen molar-refractivity contribution in [2.24, 2.45) is 11.8 Å². The number of rotatable bonds is 4. The van der Waals surface area contributed by atoms with E-state index >= 15 is 0 Å². The Morgan fingerprint density at radius 1 is 0.559 bits per heavy atom. The van der Waals surface area contributed by atoms with Crippen molar-refractivity contribution in [1.82, 2.24) is 0 Å². The van der Waals surface area contributed by atoms with Crippen molar-refractivity contribution in [2.75, 3.05) is 0 Å². The Balaban J connectivity index is 1.91. The van der Waals surface area contributed by atoms with Gasteiger partial charge in [0.25, 0.3) is 0 Å². The van der Waals surface area contributed by atoms with Crippen molar-refractivity contribution in [3.63, 3.8) is 0 Å². The molecule has 7 rings (SSSR count). The Morgan fingerprint density at radius 3 is 1.21 bits per heavy atom. The molecule has 34 heavy (non-hydrogen) atoms. The summed E-state index contributed by atoms with van der Waals surface area (Å²) in [6, 6.07) is 34.2. The summed E-state index contributed by atoms with van der Waals surface area (Å²) in [5.74, 6) is -5.11. The summed E-state index contributed by atoms with van der Waals surface area (Å²) in [4.78, 5) is 26.2. The van der Waals surface area contributed by atoms with Crippen LogP contribution >= 0.6 is 0 Å². The van der Waals surface area contributed by atoms with Crippen molar-refractivity contribution in [2.45, 2.75) is 10.8 Å². The fraction of sp³-hybridized carbons (Fsp3) is 0.133. The molecule has 0 fully saturated rings.